The van der Waals surface area contributed by atoms with Gasteiger partial charge in [0.05, 0.1) is 4.92 Å². The van der Waals surface area contributed by atoms with Crippen molar-refractivity contribution in [1.82, 2.24) is 19.9 Å². The molecule has 9 nitrogen and oxygen atoms in total. The standard InChI is InChI=1S/C17H23N7O2/c1-13-5-6-18-14(11-13)22-17-15(24(25)26)16(20-12-21-17)19-7-10-23-8-3-2-4-9-23/h5-6,11-12H,2-4,7-10H2,1H3,(H2,18,19,20,21,22). The van der Waals surface area contributed by atoms with E-state index in [0.717, 1.165) is 25.2 Å². The number of hydrogen-bond donors (Lipinski definition) is 2. The highest BCUT2D eigenvalue weighted by molar-refractivity contribution is 5.72. The van der Waals surface area contributed by atoms with Gasteiger partial charge in [0.1, 0.15) is 12.1 Å². The van der Waals surface area contributed by atoms with Crippen LogP contribution in [-0.4, -0.2) is 51.0 Å². The molecule has 1 saturated heterocycles. The van der Waals surface area contributed by atoms with E-state index < -0.39 is 4.92 Å². The minimum absolute atomic E-state index is 0.128. The van der Waals surface area contributed by atoms with Crippen molar-refractivity contribution >= 4 is 23.1 Å². The predicted molar refractivity (Wildman–Crippen MR) is 99.7 cm³/mol. The van der Waals surface area contributed by atoms with E-state index in [1.165, 1.54) is 25.6 Å². The van der Waals surface area contributed by atoms with E-state index in [9.17, 15) is 10.1 Å². The van der Waals surface area contributed by atoms with E-state index in [0.29, 0.717) is 12.4 Å². The average molecular weight is 357 g/mol. The lowest BCUT2D eigenvalue weighted by Crippen LogP contribution is -2.33. The molecule has 9 heteroatoms. The molecule has 0 bridgehead atoms. The lowest BCUT2D eigenvalue weighted by molar-refractivity contribution is -0.383. The Labute approximate surface area is 152 Å². The number of anilines is 3. The van der Waals surface area contributed by atoms with Crippen LogP contribution in [0, 0.1) is 17.0 Å². The lowest BCUT2D eigenvalue weighted by Gasteiger charge is -2.26. The summed E-state index contributed by atoms with van der Waals surface area (Å²) in [6.07, 6.45) is 6.66. The summed E-state index contributed by atoms with van der Waals surface area (Å²) < 4.78 is 0. The Kier molecular flexibility index (Phi) is 5.90. The van der Waals surface area contributed by atoms with Gasteiger partial charge in [-0.2, -0.15) is 0 Å². The summed E-state index contributed by atoms with van der Waals surface area (Å²) in [6, 6.07) is 3.66. The van der Waals surface area contributed by atoms with Gasteiger partial charge >= 0.3 is 5.69 Å². The molecular weight excluding hydrogens is 334 g/mol. The molecule has 26 heavy (non-hydrogen) atoms. The Morgan fingerprint density at radius 3 is 2.69 bits per heavy atom. The van der Waals surface area contributed by atoms with E-state index in [2.05, 4.69) is 30.5 Å². The van der Waals surface area contributed by atoms with E-state index in [4.69, 9.17) is 0 Å². The van der Waals surface area contributed by atoms with Crippen LogP contribution >= 0.6 is 0 Å². The van der Waals surface area contributed by atoms with Gasteiger partial charge in [0.2, 0.25) is 11.6 Å². The molecule has 2 N–H and O–H groups in total. The van der Waals surface area contributed by atoms with Gasteiger partial charge in [0.25, 0.3) is 0 Å². The maximum absolute atomic E-state index is 11.6. The smallest absolute Gasteiger partial charge is 0.353 e. The first-order valence-corrected chi connectivity index (χ1v) is 8.79. The molecule has 1 aliphatic rings. The maximum Gasteiger partial charge on any atom is 0.353 e. The first kappa shape index (κ1) is 18.0. The quantitative estimate of drug-likeness (QED) is 0.575. The molecule has 2 aromatic heterocycles. The second-order valence-electron chi connectivity index (χ2n) is 6.35. The zero-order valence-electron chi connectivity index (χ0n) is 14.8. The van der Waals surface area contributed by atoms with Crippen LogP contribution in [-0.2, 0) is 0 Å². The zero-order valence-corrected chi connectivity index (χ0v) is 14.8. The van der Waals surface area contributed by atoms with Gasteiger partial charge in [0.15, 0.2) is 0 Å². The number of hydrogen-bond acceptors (Lipinski definition) is 8. The Hall–Kier alpha value is -2.81. The van der Waals surface area contributed by atoms with Gasteiger partial charge < -0.3 is 15.5 Å². The molecule has 0 aromatic carbocycles. The fourth-order valence-electron chi connectivity index (χ4n) is 3.01. The van der Waals surface area contributed by atoms with Crippen molar-refractivity contribution in [1.29, 1.82) is 0 Å². The number of piperidine rings is 1. The topological polar surface area (TPSA) is 109 Å². The van der Waals surface area contributed by atoms with Gasteiger partial charge in [-0.1, -0.05) is 6.42 Å². The minimum atomic E-state index is -0.471. The van der Waals surface area contributed by atoms with Crippen molar-refractivity contribution < 1.29 is 4.92 Å². The number of nitro groups is 1. The van der Waals surface area contributed by atoms with Crippen LogP contribution in [0.2, 0.25) is 0 Å². The summed E-state index contributed by atoms with van der Waals surface area (Å²) in [5, 5.41) is 17.6. The second kappa shape index (κ2) is 8.52. The highest BCUT2D eigenvalue weighted by Crippen LogP contribution is 2.30. The largest absolute Gasteiger partial charge is 0.363 e. The molecular formula is C17H23N7O2. The first-order chi connectivity index (χ1) is 12.6. The predicted octanol–water partition coefficient (Wildman–Crippen LogP) is 2.73. The lowest BCUT2D eigenvalue weighted by atomic mass is 10.1. The summed E-state index contributed by atoms with van der Waals surface area (Å²) >= 11 is 0. The average Bonchev–Trinajstić information content (AvgIpc) is 2.62. The number of aromatic nitrogens is 3. The van der Waals surface area contributed by atoms with Crippen molar-refractivity contribution in [3.05, 3.63) is 40.3 Å². The Bertz CT molecular complexity index is 763. The number of likely N-dealkylation sites (tertiary alicyclic amines) is 1. The number of rotatable bonds is 7. The van der Waals surface area contributed by atoms with Crippen molar-refractivity contribution in [2.75, 3.05) is 36.8 Å². The summed E-state index contributed by atoms with van der Waals surface area (Å²) in [4.78, 5) is 25.7. The second-order valence-corrected chi connectivity index (χ2v) is 6.35. The molecule has 0 saturated carbocycles. The molecule has 138 valence electrons. The third-order valence-electron chi connectivity index (χ3n) is 4.34. The van der Waals surface area contributed by atoms with Gasteiger partial charge in [0, 0.05) is 19.3 Å². The van der Waals surface area contributed by atoms with Gasteiger partial charge in [-0.05, 0) is 50.6 Å². The van der Waals surface area contributed by atoms with Crippen LogP contribution in [0.1, 0.15) is 24.8 Å². The first-order valence-electron chi connectivity index (χ1n) is 8.79. The van der Waals surface area contributed by atoms with Crippen molar-refractivity contribution in [3.8, 4) is 0 Å². The van der Waals surface area contributed by atoms with E-state index in [1.54, 1.807) is 12.3 Å². The highest BCUT2D eigenvalue weighted by Gasteiger charge is 2.23. The van der Waals surface area contributed by atoms with Crippen LogP contribution in [0.25, 0.3) is 0 Å². The Morgan fingerprint density at radius 1 is 1.19 bits per heavy atom. The van der Waals surface area contributed by atoms with E-state index >= 15 is 0 Å². The van der Waals surface area contributed by atoms with Crippen LogP contribution in [0.15, 0.2) is 24.7 Å². The molecule has 3 rings (SSSR count). The normalized spacial score (nSPS) is 14.8. The van der Waals surface area contributed by atoms with E-state index in [-0.39, 0.29) is 17.3 Å². The zero-order chi connectivity index (χ0) is 18.4. The molecule has 0 unspecified atom stereocenters. The summed E-state index contributed by atoms with van der Waals surface area (Å²) in [7, 11) is 0. The summed E-state index contributed by atoms with van der Waals surface area (Å²) in [5.41, 5.74) is 0.827. The third kappa shape index (κ3) is 4.63. The van der Waals surface area contributed by atoms with Crippen molar-refractivity contribution in [2.45, 2.75) is 26.2 Å². The molecule has 0 aliphatic carbocycles. The fourth-order valence-corrected chi connectivity index (χ4v) is 3.01. The van der Waals surface area contributed by atoms with Crippen LogP contribution in [0.5, 0.6) is 0 Å². The number of nitrogens with zero attached hydrogens (tertiary/aromatic N) is 5. The molecule has 0 amide bonds. The number of aryl methyl sites for hydroxylation is 1. The molecule has 0 radical (unpaired) electrons. The molecule has 0 spiro atoms. The van der Waals surface area contributed by atoms with E-state index in [1.807, 2.05) is 13.0 Å². The van der Waals surface area contributed by atoms with Crippen LogP contribution < -0.4 is 10.6 Å². The molecule has 3 heterocycles. The SMILES string of the molecule is Cc1ccnc(Nc2ncnc(NCCN3CCCCC3)c2[N+](=O)[O-])c1. The monoisotopic (exact) mass is 357 g/mol. The van der Waals surface area contributed by atoms with Gasteiger partial charge in [-0.25, -0.2) is 15.0 Å². The molecule has 2 aromatic rings. The van der Waals surface area contributed by atoms with Gasteiger partial charge in [-0.15, -0.1) is 0 Å². The van der Waals surface area contributed by atoms with Crippen molar-refractivity contribution in [3.63, 3.8) is 0 Å². The number of pyridine rings is 1. The Morgan fingerprint density at radius 2 is 1.96 bits per heavy atom. The number of nitrogens with one attached hydrogen (secondary N) is 2. The fraction of sp³-hybridized carbons (Fsp3) is 0.471. The summed E-state index contributed by atoms with van der Waals surface area (Å²) in [5.74, 6) is 0.854. The Balaban J connectivity index is 1.72. The molecule has 1 fully saturated rings. The highest BCUT2D eigenvalue weighted by atomic mass is 16.6. The minimum Gasteiger partial charge on any atom is -0.363 e. The van der Waals surface area contributed by atoms with Crippen LogP contribution in [0.4, 0.5) is 23.1 Å². The molecule has 0 atom stereocenters. The van der Waals surface area contributed by atoms with Gasteiger partial charge in [-0.3, -0.25) is 10.1 Å². The third-order valence-corrected chi connectivity index (χ3v) is 4.34. The maximum atomic E-state index is 11.6. The summed E-state index contributed by atoms with van der Waals surface area (Å²) in [6.45, 7) is 5.52. The van der Waals surface area contributed by atoms with Crippen molar-refractivity contribution in [2.24, 2.45) is 0 Å². The molecule has 1 aliphatic heterocycles. The van der Waals surface area contributed by atoms with Crippen LogP contribution in [0.3, 0.4) is 0 Å².